The van der Waals surface area contributed by atoms with E-state index in [9.17, 15) is 31.5 Å². The van der Waals surface area contributed by atoms with Crippen LogP contribution in [0.3, 0.4) is 0 Å². The lowest BCUT2D eigenvalue weighted by Crippen LogP contribution is -2.49. The smallest absolute Gasteiger partial charge is 0.406 e. The molecule has 1 amide bonds. The van der Waals surface area contributed by atoms with Crippen molar-refractivity contribution in [2.24, 2.45) is 5.92 Å². The zero-order valence-electron chi connectivity index (χ0n) is 17.2. The highest BCUT2D eigenvalue weighted by Gasteiger charge is 2.38. The van der Waals surface area contributed by atoms with Gasteiger partial charge in [-0.1, -0.05) is 17.7 Å². The van der Waals surface area contributed by atoms with Gasteiger partial charge in [-0.2, -0.15) is 4.31 Å². The number of nitrogens with one attached hydrogen (secondary N) is 1. The van der Waals surface area contributed by atoms with Crippen molar-refractivity contribution in [3.63, 3.8) is 0 Å². The molecule has 0 bridgehead atoms. The number of alkyl halides is 3. The van der Waals surface area contributed by atoms with Crippen molar-refractivity contribution in [3.8, 4) is 5.75 Å². The van der Waals surface area contributed by atoms with Gasteiger partial charge in [0.15, 0.2) is 0 Å². The van der Waals surface area contributed by atoms with Crippen molar-refractivity contribution in [3.05, 3.63) is 54.1 Å². The number of piperidine rings is 1. The maximum absolute atomic E-state index is 13.0. The van der Waals surface area contributed by atoms with Gasteiger partial charge in [-0.25, -0.2) is 8.42 Å². The van der Waals surface area contributed by atoms with Gasteiger partial charge >= 0.3 is 6.36 Å². The highest BCUT2D eigenvalue weighted by molar-refractivity contribution is 7.89. The Morgan fingerprint density at radius 2 is 1.78 bits per heavy atom. The average molecular weight is 472 g/mol. The van der Waals surface area contributed by atoms with Crippen molar-refractivity contribution in [2.45, 2.75) is 37.1 Å². The third-order valence-corrected chi connectivity index (χ3v) is 7.19. The Bertz CT molecular complexity index is 1040. The van der Waals surface area contributed by atoms with Crippen LogP contribution in [0.2, 0.25) is 0 Å². The number of aliphatic hydroxyl groups is 1. The Morgan fingerprint density at radius 3 is 2.34 bits per heavy atom. The van der Waals surface area contributed by atoms with E-state index >= 15 is 0 Å². The van der Waals surface area contributed by atoms with Crippen LogP contribution in [0.25, 0.3) is 0 Å². The largest absolute Gasteiger partial charge is 0.573 e. The number of nitrogens with zero attached hydrogens (tertiary/aromatic N) is 1. The van der Waals surface area contributed by atoms with Crippen LogP contribution in [-0.2, 0) is 14.8 Å². The number of halogens is 3. The number of hydrogen-bond donors (Lipinski definition) is 2. The summed E-state index contributed by atoms with van der Waals surface area (Å²) in [5.41, 5.74) is 1.19. The van der Waals surface area contributed by atoms with Gasteiger partial charge in [0.1, 0.15) is 5.75 Å². The van der Waals surface area contributed by atoms with Crippen LogP contribution in [-0.4, -0.2) is 49.3 Å². The maximum Gasteiger partial charge on any atom is 0.573 e. The predicted octanol–water partition coefficient (Wildman–Crippen LogP) is 3.29. The van der Waals surface area contributed by atoms with Gasteiger partial charge < -0.3 is 15.2 Å². The molecule has 0 saturated carbocycles. The molecule has 0 aromatic heterocycles. The third-order valence-electron chi connectivity index (χ3n) is 5.23. The number of benzene rings is 2. The Hall–Kier alpha value is -2.63. The molecular formula is C21H23F3N2O5S. The van der Waals surface area contributed by atoms with E-state index < -0.39 is 46.6 Å². The summed E-state index contributed by atoms with van der Waals surface area (Å²) in [6.07, 6.45) is -4.46. The molecule has 3 rings (SSSR count). The molecule has 32 heavy (non-hydrogen) atoms. The van der Waals surface area contributed by atoms with Crippen LogP contribution in [0.5, 0.6) is 5.75 Å². The number of sulfonamides is 1. The van der Waals surface area contributed by atoms with E-state index in [2.05, 4.69) is 10.1 Å². The number of aliphatic hydroxyl groups excluding tert-OH is 1. The minimum atomic E-state index is -4.81. The first-order chi connectivity index (χ1) is 15.0. The molecule has 0 spiro atoms. The molecule has 11 heteroatoms. The molecule has 0 radical (unpaired) electrons. The summed E-state index contributed by atoms with van der Waals surface area (Å²) < 4.78 is 67.7. The van der Waals surface area contributed by atoms with E-state index in [1.807, 2.05) is 6.92 Å². The summed E-state index contributed by atoms with van der Waals surface area (Å²) in [4.78, 5) is 12.8. The fourth-order valence-corrected chi connectivity index (χ4v) is 5.22. The topological polar surface area (TPSA) is 95.9 Å². The van der Waals surface area contributed by atoms with E-state index in [1.54, 1.807) is 12.1 Å². The zero-order chi connectivity index (χ0) is 23.5. The summed E-state index contributed by atoms with van der Waals surface area (Å²) >= 11 is 0. The SMILES string of the molecule is Cc1ccc(S(=O)(=O)N2CC[C@H](C(=O)Nc3ccc(OC(F)(F)F)cc3)C[C@H]2CO)cc1. The third kappa shape index (κ3) is 5.78. The minimum absolute atomic E-state index is 0.0535. The zero-order valence-corrected chi connectivity index (χ0v) is 18.0. The second kappa shape index (κ2) is 9.47. The fraction of sp³-hybridized carbons (Fsp3) is 0.381. The summed E-state index contributed by atoms with van der Waals surface area (Å²) in [6, 6.07) is 10.3. The predicted molar refractivity (Wildman–Crippen MR) is 110 cm³/mol. The molecule has 1 aliphatic heterocycles. The first-order valence-electron chi connectivity index (χ1n) is 9.85. The summed E-state index contributed by atoms with van der Waals surface area (Å²) in [7, 11) is -3.83. The number of carbonyl (C=O) groups excluding carboxylic acids is 1. The average Bonchev–Trinajstić information content (AvgIpc) is 2.74. The van der Waals surface area contributed by atoms with Gasteiger partial charge in [-0.3, -0.25) is 4.79 Å². The summed E-state index contributed by atoms with van der Waals surface area (Å²) in [5, 5.41) is 12.4. The van der Waals surface area contributed by atoms with Crippen LogP contribution >= 0.6 is 0 Å². The van der Waals surface area contributed by atoms with Gasteiger partial charge in [0, 0.05) is 24.2 Å². The molecule has 0 unspecified atom stereocenters. The monoisotopic (exact) mass is 472 g/mol. The number of amides is 1. The molecule has 1 aliphatic rings. The highest BCUT2D eigenvalue weighted by atomic mass is 32.2. The van der Waals surface area contributed by atoms with Crippen LogP contribution in [0, 0.1) is 12.8 Å². The molecule has 2 N–H and O–H groups in total. The quantitative estimate of drug-likeness (QED) is 0.673. The van der Waals surface area contributed by atoms with E-state index in [0.717, 1.165) is 17.7 Å². The van der Waals surface area contributed by atoms with E-state index in [0.29, 0.717) is 0 Å². The standard InChI is InChI=1S/C21H23F3N2O5S/c1-14-2-8-19(9-3-14)32(29,30)26-11-10-15(12-17(26)13-27)20(28)25-16-4-6-18(7-5-16)31-21(22,23)24/h2-9,15,17,27H,10-13H2,1H3,(H,25,28)/t15-,17-/m0/s1. The number of carbonyl (C=O) groups is 1. The van der Waals surface area contributed by atoms with Crippen molar-refractivity contribution >= 4 is 21.6 Å². The molecule has 1 fully saturated rings. The summed E-state index contributed by atoms with van der Waals surface area (Å²) in [5.74, 6) is -1.38. The van der Waals surface area contributed by atoms with Crippen LogP contribution in [0.1, 0.15) is 18.4 Å². The van der Waals surface area contributed by atoms with Gasteiger partial charge in [-0.05, 0) is 56.2 Å². The van der Waals surface area contributed by atoms with Crippen molar-refractivity contribution in [1.82, 2.24) is 4.31 Å². The Labute approximate surface area is 183 Å². The van der Waals surface area contributed by atoms with Crippen LogP contribution in [0.4, 0.5) is 18.9 Å². The molecule has 7 nitrogen and oxygen atoms in total. The molecule has 2 aromatic rings. The maximum atomic E-state index is 13.0. The summed E-state index contributed by atoms with van der Waals surface area (Å²) in [6.45, 7) is 1.45. The number of rotatable bonds is 6. The lowest BCUT2D eigenvalue weighted by molar-refractivity contribution is -0.274. The normalized spacial score (nSPS) is 20.0. The Morgan fingerprint density at radius 1 is 1.16 bits per heavy atom. The first kappa shape index (κ1) is 24.0. The molecule has 2 aromatic carbocycles. The molecule has 2 atom stereocenters. The Balaban J connectivity index is 1.65. The van der Waals surface area contributed by atoms with E-state index in [1.165, 1.54) is 28.6 Å². The Kier molecular flexibility index (Phi) is 7.11. The molecular weight excluding hydrogens is 449 g/mol. The van der Waals surface area contributed by atoms with Crippen LogP contribution in [0.15, 0.2) is 53.4 Å². The molecule has 0 aliphatic carbocycles. The van der Waals surface area contributed by atoms with Gasteiger partial charge in [0.05, 0.1) is 11.5 Å². The second-order valence-corrected chi connectivity index (χ2v) is 9.44. The number of anilines is 1. The number of aryl methyl sites for hydroxylation is 1. The molecule has 1 saturated heterocycles. The van der Waals surface area contributed by atoms with E-state index in [4.69, 9.17) is 0 Å². The van der Waals surface area contributed by atoms with E-state index in [-0.39, 0.29) is 30.0 Å². The van der Waals surface area contributed by atoms with Crippen molar-refractivity contribution in [1.29, 1.82) is 0 Å². The number of hydrogen-bond acceptors (Lipinski definition) is 5. The van der Waals surface area contributed by atoms with Crippen LogP contribution < -0.4 is 10.1 Å². The van der Waals surface area contributed by atoms with Crippen molar-refractivity contribution in [2.75, 3.05) is 18.5 Å². The van der Waals surface area contributed by atoms with Gasteiger partial charge in [0.2, 0.25) is 15.9 Å². The minimum Gasteiger partial charge on any atom is -0.406 e. The molecule has 174 valence electrons. The van der Waals surface area contributed by atoms with Crippen molar-refractivity contribution < 1.29 is 36.2 Å². The second-order valence-electron chi connectivity index (χ2n) is 7.55. The van der Waals surface area contributed by atoms with Gasteiger partial charge in [0.25, 0.3) is 0 Å². The highest BCUT2D eigenvalue weighted by Crippen LogP contribution is 2.30. The lowest BCUT2D eigenvalue weighted by atomic mass is 9.92. The number of ether oxygens (including phenoxy) is 1. The molecule has 1 heterocycles. The first-order valence-corrected chi connectivity index (χ1v) is 11.3. The fourth-order valence-electron chi connectivity index (χ4n) is 3.58. The van der Waals surface area contributed by atoms with Gasteiger partial charge in [-0.15, -0.1) is 13.2 Å². The lowest BCUT2D eigenvalue weighted by Gasteiger charge is -2.37.